The lowest BCUT2D eigenvalue weighted by Crippen LogP contribution is -2.26. The molecule has 4 heteroatoms. The van der Waals surface area contributed by atoms with Crippen molar-refractivity contribution in [3.05, 3.63) is 66.4 Å². The molecule has 1 aromatic heterocycles. The average Bonchev–Trinajstić information content (AvgIpc) is 2.96. The number of amides is 1. The molecule has 1 heterocycles. The summed E-state index contributed by atoms with van der Waals surface area (Å²) in [5.41, 5.74) is 2.09. The maximum Gasteiger partial charge on any atom is 0.240 e. The molecule has 0 bridgehead atoms. The third-order valence-corrected chi connectivity index (χ3v) is 3.62. The number of carbonyl (C=O) groups is 1. The van der Waals surface area contributed by atoms with Crippen LogP contribution in [0.2, 0.25) is 0 Å². The summed E-state index contributed by atoms with van der Waals surface area (Å²) in [5, 5.41) is 4.08. The van der Waals surface area contributed by atoms with Gasteiger partial charge in [0.2, 0.25) is 5.91 Å². The van der Waals surface area contributed by atoms with Crippen molar-refractivity contribution in [2.45, 2.75) is 13.1 Å². The molecule has 0 radical (unpaired) electrons. The summed E-state index contributed by atoms with van der Waals surface area (Å²) in [6, 6.07) is 17.7. The van der Waals surface area contributed by atoms with E-state index in [1.807, 2.05) is 65.4 Å². The van der Waals surface area contributed by atoms with Crippen molar-refractivity contribution >= 4 is 16.8 Å². The van der Waals surface area contributed by atoms with Crippen LogP contribution in [-0.4, -0.2) is 17.6 Å². The maximum atomic E-state index is 12.1. The van der Waals surface area contributed by atoms with Gasteiger partial charge in [0.05, 0.1) is 7.11 Å². The van der Waals surface area contributed by atoms with Crippen LogP contribution in [0.15, 0.2) is 60.8 Å². The fourth-order valence-electron chi connectivity index (χ4n) is 2.47. The van der Waals surface area contributed by atoms with Crippen LogP contribution < -0.4 is 10.1 Å². The molecule has 112 valence electrons. The van der Waals surface area contributed by atoms with Gasteiger partial charge in [-0.1, -0.05) is 30.3 Å². The van der Waals surface area contributed by atoms with Gasteiger partial charge in [0.1, 0.15) is 12.3 Å². The Morgan fingerprint density at radius 3 is 2.86 bits per heavy atom. The predicted octanol–water partition coefficient (Wildman–Crippen LogP) is 2.97. The number of benzene rings is 2. The smallest absolute Gasteiger partial charge is 0.240 e. The van der Waals surface area contributed by atoms with Crippen molar-refractivity contribution < 1.29 is 9.53 Å². The number of carbonyl (C=O) groups excluding carboxylic acids is 1. The maximum absolute atomic E-state index is 12.1. The Hall–Kier alpha value is -2.75. The van der Waals surface area contributed by atoms with Crippen LogP contribution in [-0.2, 0) is 17.9 Å². The van der Waals surface area contributed by atoms with Crippen LogP contribution in [0.5, 0.6) is 5.75 Å². The van der Waals surface area contributed by atoms with Crippen molar-refractivity contribution in [1.82, 2.24) is 9.88 Å². The molecular weight excluding hydrogens is 276 g/mol. The van der Waals surface area contributed by atoms with Gasteiger partial charge in [-0.15, -0.1) is 0 Å². The number of rotatable bonds is 5. The van der Waals surface area contributed by atoms with Crippen molar-refractivity contribution in [3.63, 3.8) is 0 Å². The first kappa shape index (κ1) is 14.2. The van der Waals surface area contributed by atoms with E-state index in [4.69, 9.17) is 4.74 Å². The second kappa shape index (κ2) is 6.35. The van der Waals surface area contributed by atoms with Gasteiger partial charge < -0.3 is 14.6 Å². The molecule has 0 aliphatic carbocycles. The molecule has 0 aliphatic heterocycles. The molecule has 3 aromatic rings. The highest BCUT2D eigenvalue weighted by Crippen LogP contribution is 2.15. The second-order valence-corrected chi connectivity index (χ2v) is 5.13. The van der Waals surface area contributed by atoms with Crippen molar-refractivity contribution in [3.8, 4) is 5.75 Å². The monoisotopic (exact) mass is 294 g/mol. The fraction of sp³-hybridized carbons (Fsp3) is 0.167. The van der Waals surface area contributed by atoms with E-state index < -0.39 is 0 Å². The van der Waals surface area contributed by atoms with E-state index in [0.29, 0.717) is 13.1 Å². The highest BCUT2D eigenvalue weighted by atomic mass is 16.5. The van der Waals surface area contributed by atoms with Crippen LogP contribution in [0.3, 0.4) is 0 Å². The van der Waals surface area contributed by atoms with Gasteiger partial charge in [0, 0.05) is 18.3 Å². The number of aromatic nitrogens is 1. The summed E-state index contributed by atoms with van der Waals surface area (Å²) in [4.78, 5) is 12.1. The average molecular weight is 294 g/mol. The van der Waals surface area contributed by atoms with E-state index in [9.17, 15) is 4.79 Å². The predicted molar refractivity (Wildman–Crippen MR) is 86.8 cm³/mol. The van der Waals surface area contributed by atoms with Gasteiger partial charge in [0.15, 0.2) is 0 Å². The van der Waals surface area contributed by atoms with Gasteiger partial charge >= 0.3 is 0 Å². The molecule has 1 amide bonds. The van der Waals surface area contributed by atoms with Crippen LogP contribution in [0.4, 0.5) is 0 Å². The first-order valence-electron chi connectivity index (χ1n) is 7.20. The highest BCUT2D eigenvalue weighted by Gasteiger charge is 2.06. The molecule has 0 spiro atoms. The largest absolute Gasteiger partial charge is 0.497 e. The first-order chi connectivity index (χ1) is 10.8. The molecule has 22 heavy (non-hydrogen) atoms. The summed E-state index contributed by atoms with van der Waals surface area (Å²) in [7, 11) is 1.63. The van der Waals surface area contributed by atoms with Gasteiger partial charge in [-0.2, -0.15) is 0 Å². The number of methoxy groups -OCH3 is 1. The molecule has 0 saturated carbocycles. The van der Waals surface area contributed by atoms with E-state index >= 15 is 0 Å². The highest BCUT2D eigenvalue weighted by molar-refractivity contribution is 5.83. The van der Waals surface area contributed by atoms with E-state index in [0.717, 1.165) is 22.2 Å². The Morgan fingerprint density at radius 2 is 2.00 bits per heavy atom. The minimum absolute atomic E-state index is 0.0100. The standard InChI is InChI=1S/C18H18N2O2/c1-22-16-7-4-5-14(11-16)12-19-18(21)13-20-10-9-15-6-2-3-8-17(15)20/h2-11H,12-13H2,1H3,(H,19,21). The zero-order chi connectivity index (χ0) is 15.4. The minimum Gasteiger partial charge on any atom is -0.497 e. The SMILES string of the molecule is COc1cccc(CNC(=O)Cn2ccc3ccccc32)c1. The van der Waals surface area contributed by atoms with E-state index in [-0.39, 0.29) is 5.91 Å². The minimum atomic E-state index is -0.0100. The third-order valence-electron chi connectivity index (χ3n) is 3.62. The van der Waals surface area contributed by atoms with Crippen molar-refractivity contribution in [2.75, 3.05) is 7.11 Å². The fourth-order valence-corrected chi connectivity index (χ4v) is 2.47. The number of hydrogen-bond donors (Lipinski definition) is 1. The van der Waals surface area contributed by atoms with Gasteiger partial charge in [-0.05, 0) is 35.2 Å². The van der Waals surface area contributed by atoms with Crippen LogP contribution in [0, 0.1) is 0 Å². The molecule has 0 fully saturated rings. The lowest BCUT2D eigenvalue weighted by molar-refractivity contribution is -0.121. The topological polar surface area (TPSA) is 43.3 Å². The Morgan fingerprint density at radius 1 is 1.14 bits per heavy atom. The number of para-hydroxylation sites is 1. The Labute approximate surface area is 129 Å². The van der Waals surface area contributed by atoms with E-state index in [2.05, 4.69) is 5.32 Å². The van der Waals surface area contributed by atoms with Crippen LogP contribution in [0.1, 0.15) is 5.56 Å². The molecule has 4 nitrogen and oxygen atoms in total. The molecule has 0 aliphatic rings. The zero-order valence-corrected chi connectivity index (χ0v) is 12.5. The van der Waals surface area contributed by atoms with Crippen LogP contribution in [0.25, 0.3) is 10.9 Å². The quantitative estimate of drug-likeness (QED) is 0.786. The molecule has 0 atom stereocenters. The molecule has 2 aromatic carbocycles. The lowest BCUT2D eigenvalue weighted by atomic mass is 10.2. The number of nitrogens with zero attached hydrogens (tertiary/aromatic N) is 1. The Bertz CT molecular complexity index is 792. The summed E-state index contributed by atoms with van der Waals surface area (Å²) in [5.74, 6) is 0.785. The van der Waals surface area contributed by atoms with Gasteiger partial charge in [-0.3, -0.25) is 4.79 Å². The molecular formula is C18H18N2O2. The molecule has 0 unspecified atom stereocenters. The van der Waals surface area contributed by atoms with Crippen LogP contribution >= 0.6 is 0 Å². The summed E-state index contributed by atoms with van der Waals surface area (Å²) in [6.45, 7) is 0.812. The van der Waals surface area contributed by atoms with E-state index in [1.54, 1.807) is 7.11 Å². The number of fused-ring (bicyclic) bond motifs is 1. The lowest BCUT2D eigenvalue weighted by Gasteiger charge is -2.08. The summed E-state index contributed by atoms with van der Waals surface area (Å²) in [6.07, 6.45) is 1.94. The molecule has 1 N–H and O–H groups in total. The Kier molecular flexibility index (Phi) is 4.10. The third kappa shape index (κ3) is 3.11. The number of ether oxygens (including phenoxy) is 1. The van der Waals surface area contributed by atoms with Crippen molar-refractivity contribution in [2.24, 2.45) is 0 Å². The zero-order valence-electron chi connectivity index (χ0n) is 12.5. The van der Waals surface area contributed by atoms with Gasteiger partial charge in [-0.25, -0.2) is 0 Å². The second-order valence-electron chi connectivity index (χ2n) is 5.13. The summed E-state index contributed by atoms with van der Waals surface area (Å²) < 4.78 is 7.13. The normalized spacial score (nSPS) is 10.6. The Balaban J connectivity index is 1.63. The number of nitrogens with one attached hydrogen (secondary N) is 1. The molecule has 3 rings (SSSR count). The summed E-state index contributed by atoms with van der Waals surface area (Å²) >= 11 is 0. The van der Waals surface area contributed by atoms with Gasteiger partial charge in [0.25, 0.3) is 0 Å². The van der Waals surface area contributed by atoms with E-state index in [1.165, 1.54) is 0 Å². The number of hydrogen-bond acceptors (Lipinski definition) is 2. The first-order valence-corrected chi connectivity index (χ1v) is 7.20. The van der Waals surface area contributed by atoms with Crippen molar-refractivity contribution in [1.29, 1.82) is 0 Å². The molecule has 0 saturated heterocycles.